The van der Waals surface area contributed by atoms with Crippen LogP contribution in [-0.2, 0) is 4.79 Å². The molecule has 0 aliphatic carbocycles. The number of hydrogen-bond acceptors (Lipinski definition) is 2. The molecule has 1 atom stereocenters. The highest BCUT2D eigenvalue weighted by molar-refractivity contribution is 6.17. The molecule has 2 N–H and O–H groups in total. The van der Waals surface area contributed by atoms with E-state index < -0.39 is 6.10 Å². The fourth-order valence-electron chi connectivity index (χ4n) is 1.14. The lowest BCUT2D eigenvalue weighted by Gasteiger charge is -2.10. The number of carbonyl (C=O) groups excluding carboxylic acids is 1. The van der Waals surface area contributed by atoms with E-state index in [0.717, 1.165) is 25.7 Å². The summed E-state index contributed by atoms with van der Waals surface area (Å²) < 4.78 is 0. The second kappa shape index (κ2) is 9.28. The van der Waals surface area contributed by atoms with Crippen LogP contribution in [-0.4, -0.2) is 29.5 Å². The molecule has 0 bridgehead atoms. The Kier molecular flexibility index (Phi) is 9.10. The van der Waals surface area contributed by atoms with Crippen LogP contribution in [0.1, 0.15) is 39.0 Å². The zero-order valence-electron chi connectivity index (χ0n) is 8.76. The maximum atomic E-state index is 11.2. The van der Waals surface area contributed by atoms with Gasteiger partial charge >= 0.3 is 0 Å². The number of aliphatic hydroxyl groups is 1. The summed E-state index contributed by atoms with van der Waals surface area (Å²) in [5.41, 5.74) is 0. The molecule has 1 unspecified atom stereocenters. The van der Waals surface area contributed by atoms with Crippen molar-refractivity contribution in [3.05, 3.63) is 0 Å². The van der Waals surface area contributed by atoms with Gasteiger partial charge in [-0.25, -0.2) is 0 Å². The Bertz CT molecular complexity index is 153. The van der Waals surface area contributed by atoms with Crippen LogP contribution in [0.2, 0.25) is 0 Å². The minimum Gasteiger partial charge on any atom is -0.391 e. The average molecular weight is 222 g/mol. The van der Waals surface area contributed by atoms with Gasteiger partial charge in [0.25, 0.3) is 0 Å². The molecule has 1 amide bonds. The van der Waals surface area contributed by atoms with E-state index >= 15 is 0 Å². The summed E-state index contributed by atoms with van der Waals surface area (Å²) in [5, 5.41) is 12.0. The monoisotopic (exact) mass is 221 g/mol. The zero-order chi connectivity index (χ0) is 10.8. The third kappa shape index (κ3) is 8.32. The number of halogens is 1. The lowest BCUT2D eigenvalue weighted by molar-refractivity contribution is -0.121. The Balaban J connectivity index is 3.34. The highest BCUT2D eigenvalue weighted by Gasteiger charge is 2.05. The maximum absolute atomic E-state index is 11.2. The second-order valence-electron chi connectivity index (χ2n) is 3.39. The molecular formula is C10H20ClNO2. The number of alkyl halides is 1. The molecule has 0 aliphatic heterocycles. The summed E-state index contributed by atoms with van der Waals surface area (Å²) in [6.45, 7) is 2.37. The molecule has 0 spiro atoms. The van der Waals surface area contributed by atoms with Crippen molar-refractivity contribution in [2.45, 2.75) is 45.1 Å². The van der Waals surface area contributed by atoms with Crippen LogP contribution >= 0.6 is 11.6 Å². The van der Waals surface area contributed by atoms with E-state index in [0.29, 0.717) is 18.8 Å². The first-order chi connectivity index (χ1) is 6.70. The first kappa shape index (κ1) is 13.7. The number of nitrogens with one attached hydrogen (secondary N) is 1. The summed E-state index contributed by atoms with van der Waals surface area (Å²) in [5.74, 6) is 0.608. The first-order valence-electron chi connectivity index (χ1n) is 5.21. The van der Waals surface area contributed by atoms with Crippen molar-refractivity contribution in [1.29, 1.82) is 0 Å². The topological polar surface area (TPSA) is 49.3 Å². The van der Waals surface area contributed by atoms with E-state index in [9.17, 15) is 9.90 Å². The number of aliphatic hydroxyl groups excluding tert-OH is 1. The van der Waals surface area contributed by atoms with Crippen LogP contribution in [0.5, 0.6) is 0 Å². The second-order valence-corrected chi connectivity index (χ2v) is 3.77. The van der Waals surface area contributed by atoms with Gasteiger partial charge in [0, 0.05) is 18.8 Å². The van der Waals surface area contributed by atoms with E-state index in [-0.39, 0.29) is 5.91 Å². The summed E-state index contributed by atoms with van der Waals surface area (Å²) in [6.07, 6.45) is 3.46. The molecule has 0 aromatic rings. The van der Waals surface area contributed by atoms with Crippen LogP contribution in [0, 0.1) is 0 Å². The van der Waals surface area contributed by atoms with Gasteiger partial charge in [-0.1, -0.05) is 13.3 Å². The van der Waals surface area contributed by atoms with Crippen molar-refractivity contribution in [2.24, 2.45) is 0 Å². The molecule has 0 aromatic carbocycles. The normalized spacial score (nSPS) is 12.5. The van der Waals surface area contributed by atoms with Gasteiger partial charge in [0.05, 0.1) is 6.10 Å². The van der Waals surface area contributed by atoms with E-state index in [1.807, 2.05) is 6.92 Å². The molecular weight excluding hydrogens is 202 g/mol. The number of carbonyl (C=O) groups is 1. The van der Waals surface area contributed by atoms with Crippen molar-refractivity contribution < 1.29 is 9.90 Å². The van der Waals surface area contributed by atoms with Gasteiger partial charge in [0.2, 0.25) is 5.91 Å². The van der Waals surface area contributed by atoms with E-state index in [1.165, 1.54) is 0 Å². The van der Waals surface area contributed by atoms with Crippen LogP contribution in [0.15, 0.2) is 0 Å². The number of hydrogen-bond donors (Lipinski definition) is 2. The van der Waals surface area contributed by atoms with Gasteiger partial charge in [-0.3, -0.25) is 4.79 Å². The molecule has 0 fully saturated rings. The molecule has 0 saturated heterocycles. The van der Waals surface area contributed by atoms with Gasteiger partial charge in [0.1, 0.15) is 0 Å². The summed E-state index contributed by atoms with van der Waals surface area (Å²) in [7, 11) is 0. The fraction of sp³-hybridized carbons (Fsp3) is 0.900. The highest BCUT2D eigenvalue weighted by atomic mass is 35.5. The van der Waals surface area contributed by atoms with Crippen molar-refractivity contribution in [3.63, 3.8) is 0 Å². The van der Waals surface area contributed by atoms with E-state index in [1.54, 1.807) is 0 Å². The largest absolute Gasteiger partial charge is 0.391 e. The average Bonchev–Trinajstić information content (AvgIpc) is 2.16. The lowest BCUT2D eigenvalue weighted by Crippen LogP contribution is -2.31. The van der Waals surface area contributed by atoms with Gasteiger partial charge in [-0.15, -0.1) is 11.6 Å². The van der Waals surface area contributed by atoms with Crippen LogP contribution < -0.4 is 5.32 Å². The maximum Gasteiger partial charge on any atom is 0.220 e. The van der Waals surface area contributed by atoms with Crippen LogP contribution in [0.3, 0.4) is 0 Å². The summed E-state index contributed by atoms with van der Waals surface area (Å²) in [4.78, 5) is 11.2. The Morgan fingerprint density at radius 3 is 2.79 bits per heavy atom. The Morgan fingerprint density at radius 1 is 1.50 bits per heavy atom. The minimum atomic E-state index is -0.406. The first-order valence-corrected chi connectivity index (χ1v) is 5.74. The Labute approximate surface area is 90.8 Å². The summed E-state index contributed by atoms with van der Waals surface area (Å²) in [6, 6.07) is 0. The molecule has 0 heterocycles. The van der Waals surface area contributed by atoms with Crippen LogP contribution in [0.4, 0.5) is 0 Å². The smallest absolute Gasteiger partial charge is 0.220 e. The third-order valence-corrected chi connectivity index (χ3v) is 2.21. The quantitative estimate of drug-likeness (QED) is 0.484. The van der Waals surface area contributed by atoms with Crippen molar-refractivity contribution in [3.8, 4) is 0 Å². The molecule has 4 heteroatoms. The predicted octanol–water partition coefficient (Wildman–Crippen LogP) is 1.67. The highest BCUT2D eigenvalue weighted by Crippen LogP contribution is 1.98. The van der Waals surface area contributed by atoms with Gasteiger partial charge < -0.3 is 10.4 Å². The van der Waals surface area contributed by atoms with Gasteiger partial charge in [0.15, 0.2) is 0 Å². The molecule has 14 heavy (non-hydrogen) atoms. The summed E-state index contributed by atoms with van der Waals surface area (Å²) >= 11 is 5.48. The molecule has 84 valence electrons. The fourth-order valence-corrected chi connectivity index (χ4v) is 1.32. The number of unbranched alkanes of at least 4 members (excludes halogenated alkanes) is 1. The molecule has 0 saturated carbocycles. The number of amides is 1. The molecule has 0 aliphatic rings. The Morgan fingerprint density at radius 2 is 2.21 bits per heavy atom. The zero-order valence-corrected chi connectivity index (χ0v) is 9.52. The van der Waals surface area contributed by atoms with Crippen LogP contribution in [0.25, 0.3) is 0 Å². The van der Waals surface area contributed by atoms with Gasteiger partial charge in [-0.2, -0.15) is 0 Å². The Hall–Kier alpha value is -0.280. The van der Waals surface area contributed by atoms with Crippen molar-refractivity contribution >= 4 is 17.5 Å². The van der Waals surface area contributed by atoms with E-state index in [2.05, 4.69) is 5.32 Å². The molecule has 3 nitrogen and oxygen atoms in total. The van der Waals surface area contributed by atoms with Gasteiger partial charge in [-0.05, 0) is 19.3 Å². The minimum absolute atomic E-state index is 0.00488. The predicted molar refractivity (Wildman–Crippen MR) is 58.5 cm³/mol. The molecule has 0 aromatic heterocycles. The lowest BCUT2D eigenvalue weighted by atomic mass is 10.2. The van der Waals surface area contributed by atoms with E-state index in [4.69, 9.17) is 11.6 Å². The SMILES string of the molecule is CCCC(O)CNC(=O)CCCCCl. The molecule has 0 rings (SSSR count). The number of rotatable bonds is 8. The molecule has 0 radical (unpaired) electrons. The van der Waals surface area contributed by atoms with Crippen molar-refractivity contribution in [2.75, 3.05) is 12.4 Å². The van der Waals surface area contributed by atoms with Crippen molar-refractivity contribution in [1.82, 2.24) is 5.32 Å². The third-order valence-electron chi connectivity index (χ3n) is 1.94. The standard InChI is InChI=1S/C10H20ClNO2/c1-2-5-9(13)8-12-10(14)6-3-4-7-11/h9,13H,2-8H2,1H3,(H,12,14).